The molecule has 156 valence electrons. The number of fused-ring (bicyclic) bond motifs is 4. The van der Waals surface area contributed by atoms with E-state index in [1.165, 1.54) is 0 Å². The Labute approximate surface area is 167 Å². The lowest BCUT2D eigenvalue weighted by molar-refractivity contribution is -0.121. The van der Waals surface area contributed by atoms with Crippen molar-refractivity contribution in [2.75, 3.05) is 53.1 Å². The van der Waals surface area contributed by atoms with Crippen molar-refractivity contribution in [3.63, 3.8) is 0 Å². The third kappa shape index (κ3) is 5.01. The lowest BCUT2D eigenvalue weighted by Crippen LogP contribution is -2.52. The first-order valence-electron chi connectivity index (χ1n) is 10.4. The molecule has 0 unspecified atom stereocenters. The van der Waals surface area contributed by atoms with Crippen LogP contribution in [0.15, 0.2) is 23.0 Å². The molecular formula is C21H33N3O4. The number of likely N-dealkylation sites (tertiary alicyclic amines) is 1. The molecule has 1 fully saturated rings. The molecule has 0 spiro atoms. The van der Waals surface area contributed by atoms with Crippen LogP contribution < -0.4 is 10.9 Å². The monoisotopic (exact) mass is 391 g/mol. The Morgan fingerprint density at radius 2 is 2.11 bits per heavy atom. The maximum atomic E-state index is 12.6. The standard InChI is InChI=1S/C21H33N3O4/c1-3-5-20(25)22-13-19-17-12-16(18-6-4-7-21(26)24(18)19)14-23(15-17)8-9-28-11-10-27-2/h4,6-7,16-17,19H,3,5,8-15H2,1-2H3,(H,22,25)/t16-,17+,19+/m1/s1. The minimum atomic E-state index is 0.0120. The molecule has 1 aromatic rings. The van der Waals surface area contributed by atoms with Gasteiger partial charge in [-0.05, 0) is 24.8 Å². The quantitative estimate of drug-likeness (QED) is 0.610. The smallest absolute Gasteiger partial charge is 0.251 e. The fourth-order valence-corrected chi connectivity index (χ4v) is 4.55. The molecule has 7 heteroatoms. The summed E-state index contributed by atoms with van der Waals surface area (Å²) in [7, 11) is 1.67. The number of hydrogen-bond acceptors (Lipinski definition) is 5. The number of nitrogens with zero attached hydrogens (tertiary/aromatic N) is 2. The first kappa shape index (κ1) is 21.0. The molecule has 0 aliphatic carbocycles. The Hall–Kier alpha value is -1.70. The van der Waals surface area contributed by atoms with Crippen LogP contribution >= 0.6 is 0 Å². The second kappa shape index (κ2) is 10.2. The van der Waals surface area contributed by atoms with Crippen molar-refractivity contribution in [1.29, 1.82) is 0 Å². The predicted octanol–water partition coefficient (Wildman–Crippen LogP) is 1.39. The number of ether oxygens (including phenoxy) is 2. The van der Waals surface area contributed by atoms with Crippen LogP contribution in [0.2, 0.25) is 0 Å². The van der Waals surface area contributed by atoms with Gasteiger partial charge in [0.25, 0.3) is 5.56 Å². The molecule has 7 nitrogen and oxygen atoms in total. The van der Waals surface area contributed by atoms with Gasteiger partial charge in [-0.15, -0.1) is 0 Å². The second-order valence-corrected chi connectivity index (χ2v) is 7.84. The van der Waals surface area contributed by atoms with E-state index in [1.807, 2.05) is 17.6 Å². The molecule has 1 N–H and O–H groups in total. The van der Waals surface area contributed by atoms with Crippen LogP contribution in [0.3, 0.4) is 0 Å². The van der Waals surface area contributed by atoms with Crippen LogP contribution in [0.25, 0.3) is 0 Å². The van der Waals surface area contributed by atoms with E-state index in [4.69, 9.17) is 9.47 Å². The van der Waals surface area contributed by atoms with Crippen LogP contribution in [0.1, 0.15) is 43.8 Å². The maximum Gasteiger partial charge on any atom is 0.251 e. The minimum absolute atomic E-state index is 0.0120. The molecule has 2 aliphatic rings. The molecule has 0 saturated carbocycles. The lowest BCUT2D eigenvalue weighted by atomic mass is 9.78. The van der Waals surface area contributed by atoms with Crippen LogP contribution in [-0.2, 0) is 14.3 Å². The second-order valence-electron chi connectivity index (χ2n) is 7.84. The molecular weight excluding hydrogens is 358 g/mol. The van der Waals surface area contributed by atoms with Gasteiger partial charge in [-0.2, -0.15) is 0 Å². The number of rotatable bonds is 10. The van der Waals surface area contributed by atoms with Gasteiger partial charge in [0.2, 0.25) is 5.91 Å². The molecule has 0 radical (unpaired) electrons. The van der Waals surface area contributed by atoms with E-state index in [0.717, 1.165) is 38.2 Å². The van der Waals surface area contributed by atoms with Gasteiger partial charge in [0, 0.05) is 57.4 Å². The Kier molecular flexibility index (Phi) is 7.65. The van der Waals surface area contributed by atoms with Crippen molar-refractivity contribution in [1.82, 2.24) is 14.8 Å². The molecule has 3 heterocycles. The Bertz CT molecular complexity index is 705. The zero-order valence-corrected chi connectivity index (χ0v) is 17.1. The molecule has 28 heavy (non-hydrogen) atoms. The number of nitrogens with one attached hydrogen (secondary N) is 1. The molecule has 1 saturated heterocycles. The first-order valence-corrected chi connectivity index (χ1v) is 10.4. The SMILES string of the molecule is CCCC(=O)NC[C@H]1[C@H]2C[C@H](CN(CCOCCOC)C2)c2cccc(=O)n21. The number of hydrogen-bond donors (Lipinski definition) is 1. The number of pyridine rings is 1. The minimum Gasteiger partial charge on any atom is -0.382 e. The summed E-state index contributed by atoms with van der Waals surface area (Å²) in [5.41, 5.74) is 1.14. The van der Waals surface area contributed by atoms with Gasteiger partial charge in [0.15, 0.2) is 0 Å². The molecule has 1 amide bonds. The van der Waals surface area contributed by atoms with Gasteiger partial charge in [-0.25, -0.2) is 0 Å². The van der Waals surface area contributed by atoms with Crippen LogP contribution in [-0.4, -0.2) is 68.5 Å². The summed E-state index contributed by atoms with van der Waals surface area (Å²) in [6.45, 7) is 7.18. The van der Waals surface area contributed by atoms with Crippen LogP contribution in [0.4, 0.5) is 0 Å². The molecule has 3 rings (SSSR count). The fourth-order valence-electron chi connectivity index (χ4n) is 4.55. The summed E-state index contributed by atoms with van der Waals surface area (Å²) in [4.78, 5) is 27.1. The normalized spacial score (nSPS) is 24.0. The van der Waals surface area contributed by atoms with Crippen molar-refractivity contribution in [3.05, 3.63) is 34.2 Å². The zero-order chi connectivity index (χ0) is 19.9. The topological polar surface area (TPSA) is 72.8 Å². The lowest BCUT2D eigenvalue weighted by Gasteiger charge is -2.47. The molecule has 3 atom stereocenters. The largest absolute Gasteiger partial charge is 0.382 e. The Balaban J connectivity index is 1.70. The summed E-state index contributed by atoms with van der Waals surface area (Å²) in [6.07, 6.45) is 2.43. The third-order valence-corrected chi connectivity index (χ3v) is 5.84. The number of aromatic nitrogens is 1. The highest BCUT2D eigenvalue weighted by atomic mass is 16.5. The number of piperidine rings is 1. The summed E-state index contributed by atoms with van der Waals surface area (Å²) in [5.74, 6) is 0.774. The van der Waals surface area contributed by atoms with Gasteiger partial charge >= 0.3 is 0 Å². The van der Waals surface area contributed by atoms with Crippen LogP contribution in [0.5, 0.6) is 0 Å². The summed E-state index contributed by atoms with van der Waals surface area (Å²) in [6, 6.07) is 5.57. The van der Waals surface area contributed by atoms with E-state index < -0.39 is 0 Å². The van der Waals surface area contributed by atoms with Crippen molar-refractivity contribution in [2.24, 2.45) is 5.92 Å². The van der Waals surface area contributed by atoms with E-state index in [0.29, 0.717) is 44.6 Å². The van der Waals surface area contributed by atoms with E-state index in [2.05, 4.69) is 16.3 Å². The summed E-state index contributed by atoms with van der Waals surface area (Å²) >= 11 is 0. The fraction of sp³-hybridized carbons (Fsp3) is 0.714. The van der Waals surface area contributed by atoms with Gasteiger partial charge in [-0.1, -0.05) is 13.0 Å². The first-order chi connectivity index (χ1) is 13.6. The van der Waals surface area contributed by atoms with E-state index >= 15 is 0 Å². The van der Waals surface area contributed by atoms with Crippen molar-refractivity contribution < 1.29 is 14.3 Å². The average Bonchev–Trinajstić information content (AvgIpc) is 2.68. The highest BCUT2D eigenvalue weighted by molar-refractivity contribution is 5.75. The summed E-state index contributed by atoms with van der Waals surface area (Å²) < 4.78 is 12.6. The number of methoxy groups -OCH3 is 1. The number of amides is 1. The average molecular weight is 392 g/mol. The molecule has 2 aliphatic heterocycles. The predicted molar refractivity (Wildman–Crippen MR) is 108 cm³/mol. The zero-order valence-electron chi connectivity index (χ0n) is 17.1. The van der Waals surface area contributed by atoms with E-state index in [1.54, 1.807) is 13.2 Å². The molecule has 2 bridgehead atoms. The number of carbonyl (C=O) groups excluding carboxylic acids is 1. The van der Waals surface area contributed by atoms with Gasteiger partial charge in [-0.3, -0.25) is 9.59 Å². The van der Waals surface area contributed by atoms with Crippen LogP contribution in [0, 0.1) is 5.92 Å². The van der Waals surface area contributed by atoms with Crippen molar-refractivity contribution >= 4 is 5.91 Å². The van der Waals surface area contributed by atoms with E-state index in [9.17, 15) is 9.59 Å². The molecule has 0 aromatic carbocycles. The Morgan fingerprint density at radius 3 is 2.89 bits per heavy atom. The number of carbonyl (C=O) groups is 1. The van der Waals surface area contributed by atoms with Gasteiger partial charge in [0.05, 0.1) is 25.9 Å². The highest BCUT2D eigenvalue weighted by Crippen LogP contribution is 2.40. The molecule has 1 aromatic heterocycles. The summed E-state index contributed by atoms with van der Waals surface area (Å²) in [5, 5.41) is 3.05. The third-order valence-electron chi connectivity index (χ3n) is 5.84. The van der Waals surface area contributed by atoms with E-state index in [-0.39, 0.29) is 17.5 Å². The highest BCUT2D eigenvalue weighted by Gasteiger charge is 2.40. The Morgan fingerprint density at radius 1 is 1.25 bits per heavy atom. The van der Waals surface area contributed by atoms with Gasteiger partial charge < -0.3 is 24.3 Å². The van der Waals surface area contributed by atoms with Crippen molar-refractivity contribution in [2.45, 2.75) is 38.1 Å². The van der Waals surface area contributed by atoms with Gasteiger partial charge in [0.1, 0.15) is 0 Å². The van der Waals surface area contributed by atoms with Crippen molar-refractivity contribution in [3.8, 4) is 0 Å². The maximum absolute atomic E-state index is 12.6.